The van der Waals surface area contributed by atoms with Crippen LogP contribution in [0.25, 0.3) is 12.2 Å². The monoisotopic (exact) mass is 535 g/mol. The number of anilines is 1. The van der Waals surface area contributed by atoms with Crippen LogP contribution >= 0.6 is 0 Å². The SMILES string of the molecule is CC.CNc1ccc(C=Cc2ccc(C)cc2S(=O)(=O)OC)c(S(=O)(=O)OC)c1.Cc1ccncn1. The molecule has 0 aliphatic rings. The van der Waals surface area contributed by atoms with Crippen molar-refractivity contribution < 1.29 is 25.2 Å². The summed E-state index contributed by atoms with van der Waals surface area (Å²) in [7, 11) is -4.03. The quantitative estimate of drug-likeness (QED) is 0.339. The van der Waals surface area contributed by atoms with Gasteiger partial charge in [-0.1, -0.05) is 44.2 Å². The molecule has 2 aromatic carbocycles. The summed E-state index contributed by atoms with van der Waals surface area (Å²) in [5.41, 5.74) is 3.10. The summed E-state index contributed by atoms with van der Waals surface area (Å²) in [6.45, 7) is 7.70. The molecule has 3 rings (SSSR count). The first kappa shape index (κ1) is 30.9. The van der Waals surface area contributed by atoms with Crippen LogP contribution in [0, 0.1) is 13.8 Å². The number of nitrogens with zero attached hydrogens (tertiary/aromatic N) is 2. The molecule has 0 spiro atoms. The van der Waals surface area contributed by atoms with Gasteiger partial charge in [0.2, 0.25) is 0 Å². The molecule has 0 fully saturated rings. The second kappa shape index (κ2) is 14.4. The normalized spacial score (nSPS) is 11.2. The van der Waals surface area contributed by atoms with E-state index in [2.05, 4.69) is 23.7 Å². The molecule has 0 aliphatic heterocycles. The van der Waals surface area contributed by atoms with Crippen molar-refractivity contribution in [3.63, 3.8) is 0 Å². The van der Waals surface area contributed by atoms with Crippen LogP contribution in [0.3, 0.4) is 0 Å². The number of benzene rings is 2. The molecule has 1 heterocycles. The van der Waals surface area contributed by atoms with Crippen molar-refractivity contribution in [1.29, 1.82) is 0 Å². The number of rotatable bonds is 7. The van der Waals surface area contributed by atoms with Gasteiger partial charge >= 0.3 is 0 Å². The molecule has 0 atom stereocenters. The Morgan fingerprint density at radius 1 is 0.806 bits per heavy atom. The van der Waals surface area contributed by atoms with E-state index in [4.69, 9.17) is 0 Å². The Morgan fingerprint density at radius 3 is 1.75 bits per heavy atom. The van der Waals surface area contributed by atoms with E-state index in [1.54, 1.807) is 44.4 Å². The Bertz CT molecular complexity index is 1360. The number of hydrogen-bond acceptors (Lipinski definition) is 9. The highest BCUT2D eigenvalue weighted by Crippen LogP contribution is 2.26. The van der Waals surface area contributed by atoms with Crippen LogP contribution in [0.4, 0.5) is 5.69 Å². The minimum Gasteiger partial charge on any atom is -0.388 e. The molecular formula is C25H33N3O6S2. The summed E-state index contributed by atoms with van der Waals surface area (Å²) in [6.07, 6.45) is 6.30. The maximum atomic E-state index is 12.2. The number of nitrogens with one attached hydrogen (secondary N) is 1. The number of aryl methyl sites for hydroxylation is 2. The summed E-state index contributed by atoms with van der Waals surface area (Å²) in [4.78, 5) is 7.58. The Hall–Kier alpha value is -3.12. The van der Waals surface area contributed by atoms with Gasteiger partial charge in [0.15, 0.2) is 0 Å². The van der Waals surface area contributed by atoms with E-state index in [1.807, 2.05) is 26.8 Å². The summed E-state index contributed by atoms with van der Waals surface area (Å²) in [5.74, 6) is 0. The molecule has 36 heavy (non-hydrogen) atoms. The Balaban J connectivity index is 0.000000609. The third kappa shape index (κ3) is 8.83. The van der Waals surface area contributed by atoms with Crippen molar-refractivity contribution in [2.24, 2.45) is 0 Å². The summed E-state index contributed by atoms with van der Waals surface area (Å²) in [6, 6.07) is 11.5. The molecule has 0 saturated carbocycles. The Morgan fingerprint density at radius 2 is 1.33 bits per heavy atom. The molecule has 3 aromatic rings. The average molecular weight is 536 g/mol. The van der Waals surface area contributed by atoms with E-state index in [9.17, 15) is 16.8 Å². The maximum absolute atomic E-state index is 12.2. The first-order valence-electron chi connectivity index (χ1n) is 11.0. The first-order chi connectivity index (χ1) is 17.0. The van der Waals surface area contributed by atoms with Crippen LogP contribution in [0.5, 0.6) is 0 Å². The average Bonchev–Trinajstić information content (AvgIpc) is 2.89. The molecule has 9 nitrogen and oxygen atoms in total. The molecule has 0 saturated heterocycles. The molecular weight excluding hydrogens is 502 g/mol. The lowest BCUT2D eigenvalue weighted by molar-refractivity contribution is 0.396. The second-order valence-corrected chi connectivity index (χ2v) is 10.3. The van der Waals surface area contributed by atoms with E-state index in [0.717, 1.165) is 25.5 Å². The van der Waals surface area contributed by atoms with E-state index < -0.39 is 20.2 Å². The zero-order valence-electron chi connectivity index (χ0n) is 21.5. The predicted octanol–water partition coefficient (Wildman–Crippen LogP) is 4.69. The van der Waals surface area contributed by atoms with E-state index >= 15 is 0 Å². The van der Waals surface area contributed by atoms with Gasteiger partial charge in [0.05, 0.1) is 14.2 Å². The van der Waals surface area contributed by atoms with Crippen LogP contribution in [0.15, 0.2) is 64.8 Å². The van der Waals surface area contributed by atoms with Crippen LogP contribution < -0.4 is 5.32 Å². The molecule has 0 amide bonds. The van der Waals surface area contributed by atoms with Gasteiger partial charge in [-0.25, -0.2) is 9.97 Å². The summed E-state index contributed by atoms with van der Waals surface area (Å²) in [5, 5.41) is 2.87. The van der Waals surface area contributed by atoms with Crippen LogP contribution in [0.2, 0.25) is 0 Å². The van der Waals surface area contributed by atoms with Crippen LogP contribution in [-0.4, -0.2) is 48.1 Å². The van der Waals surface area contributed by atoms with Gasteiger partial charge < -0.3 is 5.32 Å². The molecule has 11 heteroatoms. The first-order valence-corrected chi connectivity index (χ1v) is 13.8. The highest BCUT2D eigenvalue weighted by molar-refractivity contribution is 7.87. The number of hydrogen-bond donors (Lipinski definition) is 1. The fourth-order valence-electron chi connectivity index (χ4n) is 2.76. The van der Waals surface area contributed by atoms with Gasteiger partial charge in [-0.3, -0.25) is 8.37 Å². The van der Waals surface area contributed by atoms with Crippen molar-refractivity contribution >= 4 is 38.1 Å². The lowest BCUT2D eigenvalue weighted by Crippen LogP contribution is -2.06. The smallest absolute Gasteiger partial charge is 0.297 e. The van der Waals surface area contributed by atoms with Gasteiger partial charge in [-0.05, 0) is 54.8 Å². The molecule has 0 unspecified atom stereocenters. The second-order valence-electron chi connectivity index (χ2n) is 6.97. The van der Waals surface area contributed by atoms with Crippen molar-refractivity contribution in [3.05, 3.63) is 77.4 Å². The van der Waals surface area contributed by atoms with Gasteiger partial charge in [-0.2, -0.15) is 16.8 Å². The number of aromatic nitrogens is 2. The third-order valence-corrected chi connectivity index (χ3v) is 7.28. The van der Waals surface area contributed by atoms with Crippen LogP contribution in [-0.2, 0) is 28.6 Å². The summed E-state index contributed by atoms with van der Waals surface area (Å²) >= 11 is 0. The summed E-state index contributed by atoms with van der Waals surface area (Å²) < 4.78 is 58.0. The zero-order chi connectivity index (χ0) is 27.4. The maximum Gasteiger partial charge on any atom is 0.297 e. The van der Waals surface area contributed by atoms with E-state index in [-0.39, 0.29) is 9.79 Å². The molecule has 0 aliphatic carbocycles. The van der Waals surface area contributed by atoms with E-state index in [0.29, 0.717) is 16.8 Å². The minimum absolute atomic E-state index is 0.00393. The fraction of sp³-hybridized carbons (Fsp3) is 0.280. The molecule has 0 radical (unpaired) electrons. The van der Waals surface area contributed by atoms with Gasteiger partial charge in [0, 0.05) is 24.6 Å². The molecule has 1 aromatic heterocycles. The van der Waals surface area contributed by atoms with Crippen LogP contribution in [0.1, 0.15) is 36.2 Å². The third-order valence-electron chi connectivity index (χ3n) is 4.62. The van der Waals surface area contributed by atoms with Crippen molar-refractivity contribution in [2.75, 3.05) is 26.6 Å². The van der Waals surface area contributed by atoms with Gasteiger partial charge in [0.1, 0.15) is 16.1 Å². The van der Waals surface area contributed by atoms with Crippen molar-refractivity contribution in [2.45, 2.75) is 37.5 Å². The zero-order valence-corrected chi connectivity index (χ0v) is 23.1. The molecule has 196 valence electrons. The highest BCUT2D eigenvalue weighted by Gasteiger charge is 2.19. The molecule has 1 N–H and O–H groups in total. The lowest BCUT2D eigenvalue weighted by Gasteiger charge is -2.10. The predicted molar refractivity (Wildman–Crippen MR) is 143 cm³/mol. The fourth-order valence-corrected chi connectivity index (χ4v) is 4.57. The highest BCUT2D eigenvalue weighted by atomic mass is 32.2. The van der Waals surface area contributed by atoms with Crippen molar-refractivity contribution in [3.8, 4) is 0 Å². The van der Waals surface area contributed by atoms with Gasteiger partial charge in [-0.15, -0.1) is 0 Å². The van der Waals surface area contributed by atoms with Crippen molar-refractivity contribution in [1.82, 2.24) is 9.97 Å². The molecule has 0 bridgehead atoms. The van der Waals surface area contributed by atoms with E-state index in [1.165, 1.54) is 30.6 Å². The van der Waals surface area contributed by atoms with Gasteiger partial charge in [0.25, 0.3) is 20.2 Å². The standard InChI is InChI=1S/C18H21NO6S2.C5H6N2.C2H6/c1-13-5-6-14(17(11-13)26(20,21)24-3)7-8-15-9-10-16(19-2)12-18(15)27(22,23)25-4;1-5-2-3-6-4-7-5;1-2/h5-12,19H,1-4H3;2-4H,1H3;1-2H3. The Labute approximate surface area is 214 Å². The largest absolute Gasteiger partial charge is 0.388 e. The lowest BCUT2D eigenvalue weighted by atomic mass is 10.1. The minimum atomic E-state index is -3.95. The Kier molecular flexibility index (Phi) is 12.4. The topological polar surface area (TPSA) is 125 Å².